The molecule has 0 atom stereocenters. The summed E-state index contributed by atoms with van der Waals surface area (Å²) in [4.78, 5) is 20.3. The van der Waals surface area contributed by atoms with Gasteiger partial charge < -0.3 is 15.2 Å². The zero-order valence-electron chi connectivity index (χ0n) is 13.2. The summed E-state index contributed by atoms with van der Waals surface area (Å²) in [5, 5.41) is 3.90. The van der Waals surface area contributed by atoms with Crippen LogP contribution in [0.1, 0.15) is 39.4 Å². The number of nitrogens with zero attached hydrogens (tertiary/aromatic N) is 4. The van der Waals surface area contributed by atoms with Crippen molar-refractivity contribution in [3.63, 3.8) is 0 Å². The van der Waals surface area contributed by atoms with Gasteiger partial charge in [-0.1, -0.05) is 5.16 Å². The van der Waals surface area contributed by atoms with E-state index >= 15 is 0 Å². The van der Waals surface area contributed by atoms with Crippen LogP contribution in [0.2, 0.25) is 0 Å². The quantitative estimate of drug-likeness (QED) is 0.884. The normalized spacial score (nSPS) is 19.5. The minimum absolute atomic E-state index is 0. The molecule has 0 aliphatic carbocycles. The summed E-state index contributed by atoms with van der Waals surface area (Å²) in [7, 11) is 1.82. The number of rotatable bonds is 3. The largest absolute Gasteiger partial charge is 0.343 e. The molecule has 21 heavy (non-hydrogen) atoms. The number of piperazine rings is 1. The van der Waals surface area contributed by atoms with E-state index in [9.17, 15) is 4.79 Å². The SMILES string of the molecule is CN1CCN(Cc2nc(C(C)(C)N)no2)C(C)(C)C1=O.Cl. The maximum Gasteiger partial charge on any atom is 0.242 e. The number of hydrogen-bond acceptors (Lipinski definition) is 6. The van der Waals surface area contributed by atoms with Gasteiger partial charge in [-0.2, -0.15) is 4.98 Å². The van der Waals surface area contributed by atoms with E-state index in [1.165, 1.54) is 0 Å². The fraction of sp³-hybridized carbons (Fsp3) is 0.769. The highest BCUT2D eigenvalue weighted by atomic mass is 35.5. The van der Waals surface area contributed by atoms with Crippen molar-refractivity contribution in [1.29, 1.82) is 0 Å². The maximum atomic E-state index is 12.2. The summed E-state index contributed by atoms with van der Waals surface area (Å²) in [6.45, 7) is 9.40. The van der Waals surface area contributed by atoms with Gasteiger partial charge in [0.1, 0.15) is 0 Å². The second-order valence-electron chi connectivity index (χ2n) is 6.44. The van der Waals surface area contributed by atoms with E-state index in [1.807, 2.05) is 34.7 Å². The van der Waals surface area contributed by atoms with Crippen molar-refractivity contribution in [2.24, 2.45) is 5.73 Å². The number of amides is 1. The molecule has 1 fully saturated rings. The molecule has 0 radical (unpaired) electrons. The first kappa shape index (κ1) is 17.9. The molecule has 1 aromatic heterocycles. The van der Waals surface area contributed by atoms with Crippen molar-refractivity contribution in [2.75, 3.05) is 20.1 Å². The van der Waals surface area contributed by atoms with E-state index in [0.717, 1.165) is 6.54 Å². The Balaban J connectivity index is 0.00000220. The summed E-state index contributed by atoms with van der Waals surface area (Å²) < 4.78 is 5.24. The Morgan fingerprint density at radius 1 is 1.38 bits per heavy atom. The fourth-order valence-corrected chi connectivity index (χ4v) is 2.27. The topological polar surface area (TPSA) is 88.5 Å². The molecule has 1 aliphatic rings. The Hall–Kier alpha value is -1.18. The molecule has 0 aromatic carbocycles. The predicted molar refractivity (Wildman–Crippen MR) is 80.9 cm³/mol. The van der Waals surface area contributed by atoms with Crippen LogP contribution in [0.25, 0.3) is 0 Å². The Bertz CT molecular complexity index is 509. The van der Waals surface area contributed by atoms with E-state index in [0.29, 0.717) is 24.8 Å². The highest BCUT2D eigenvalue weighted by molar-refractivity contribution is 5.86. The molecule has 7 nitrogen and oxygen atoms in total. The minimum Gasteiger partial charge on any atom is -0.343 e. The first-order chi connectivity index (χ1) is 9.12. The zero-order chi connectivity index (χ0) is 15.1. The molecule has 1 aromatic rings. The van der Waals surface area contributed by atoms with Crippen molar-refractivity contribution < 1.29 is 9.32 Å². The van der Waals surface area contributed by atoms with Crippen LogP contribution >= 0.6 is 12.4 Å². The smallest absolute Gasteiger partial charge is 0.242 e. The second-order valence-corrected chi connectivity index (χ2v) is 6.44. The summed E-state index contributed by atoms with van der Waals surface area (Å²) in [5.41, 5.74) is 4.74. The van der Waals surface area contributed by atoms with Crippen LogP contribution in [0, 0.1) is 0 Å². The fourth-order valence-electron chi connectivity index (χ4n) is 2.27. The van der Waals surface area contributed by atoms with Gasteiger partial charge in [0.2, 0.25) is 11.8 Å². The number of carbonyl (C=O) groups excluding carboxylic acids is 1. The van der Waals surface area contributed by atoms with Gasteiger partial charge in [0.05, 0.1) is 17.6 Å². The van der Waals surface area contributed by atoms with Gasteiger partial charge in [0.15, 0.2) is 5.82 Å². The van der Waals surface area contributed by atoms with Crippen molar-refractivity contribution in [3.05, 3.63) is 11.7 Å². The van der Waals surface area contributed by atoms with Crippen LogP contribution in [-0.4, -0.2) is 51.5 Å². The molecule has 0 spiro atoms. The van der Waals surface area contributed by atoms with Gasteiger partial charge in [-0.3, -0.25) is 9.69 Å². The molecule has 120 valence electrons. The van der Waals surface area contributed by atoms with E-state index in [2.05, 4.69) is 15.0 Å². The number of carbonyl (C=O) groups is 1. The van der Waals surface area contributed by atoms with Crippen molar-refractivity contribution in [2.45, 2.75) is 45.3 Å². The van der Waals surface area contributed by atoms with E-state index < -0.39 is 11.1 Å². The predicted octanol–water partition coefficient (Wildman–Crippen LogP) is 0.738. The maximum absolute atomic E-state index is 12.2. The van der Waals surface area contributed by atoms with Gasteiger partial charge in [-0.25, -0.2) is 0 Å². The zero-order valence-corrected chi connectivity index (χ0v) is 14.0. The number of aromatic nitrogens is 2. The molecule has 2 heterocycles. The molecular weight excluding hydrogens is 294 g/mol. The van der Waals surface area contributed by atoms with Gasteiger partial charge in [0.25, 0.3) is 0 Å². The van der Waals surface area contributed by atoms with Crippen LogP contribution in [0.4, 0.5) is 0 Å². The third-order valence-electron chi connectivity index (χ3n) is 3.74. The minimum atomic E-state index is -0.630. The summed E-state index contributed by atoms with van der Waals surface area (Å²) >= 11 is 0. The lowest BCUT2D eigenvalue weighted by atomic mass is 9.98. The van der Waals surface area contributed by atoms with Gasteiger partial charge in [0, 0.05) is 20.1 Å². The monoisotopic (exact) mass is 317 g/mol. The average Bonchev–Trinajstić information content (AvgIpc) is 2.79. The second kappa shape index (κ2) is 5.90. The Morgan fingerprint density at radius 3 is 2.52 bits per heavy atom. The van der Waals surface area contributed by atoms with Gasteiger partial charge >= 0.3 is 0 Å². The van der Waals surface area contributed by atoms with E-state index in [1.54, 1.807) is 4.90 Å². The molecular formula is C13H24ClN5O2. The van der Waals surface area contributed by atoms with Crippen LogP contribution in [0.15, 0.2) is 4.52 Å². The van der Waals surface area contributed by atoms with Crippen LogP contribution in [0.3, 0.4) is 0 Å². The van der Waals surface area contributed by atoms with Crippen molar-refractivity contribution in [3.8, 4) is 0 Å². The van der Waals surface area contributed by atoms with Crippen LogP contribution < -0.4 is 5.73 Å². The lowest BCUT2D eigenvalue weighted by Gasteiger charge is -2.44. The van der Waals surface area contributed by atoms with Crippen molar-refractivity contribution in [1.82, 2.24) is 19.9 Å². The lowest BCUT2D eigenvalue weighted by molar-refractivity contribution is -0.147. The molecule has 1 aliphatic heterocycles. The summed E-state index contributed by atoms with van der Waals surface area (Å²) in [6.07, 6.45) is 0. The van der Waals surface area contributed by atoms with E-state index in [-0.39, 0.29) is 18.3 Å². The molecule has 1 amide bonds. The Morgan fingerprint density at radius 2 is 2.00 bits per heavy atom. The third-order valence-corrected chi connectivity index (χ3v) is 3.74. The first-order valence-electron chi connectivity index (χ1n) is 6.75. The van der Waals surface area contributed by atoms with Crippen LogP contribution in [0.5, 0.6) is 0 Å². The summed E-state index contributed by atoms with van der Waals surface area (Å²) in [5.74, 6) is 1.07. The molecule has 0 unspecified atom stereocenters. The standard InChI is InChI=1S/C13H23N5O2.ClH/c1-12(2,14)10-15-9(20-16-10)8-18-7-6-17(5)11(19)13(18,3)4;/h6-8,14H2,1-5H3;1H. The average molecular weight is 318 g/mol. The number of likely N-dealkylation sites (N-methyl/N-ethyl adjacent to an activating group) is 1. The molecule has 2 rings (SSSR count). The van der Waals surface area contributed by atoms with E-state index in [4.69, 9.17) is 10.3 Å². The number of hydrogen-bond donors (Lipinski definition) is 1. The molecule has 0 bridgehead atoms. The Labute approximate surface area is 131 Å². The highest BCUT2D eigenvalue weighted by Crippen LogP contribution is 2.24. The van der Waals surface area contributed by atoms with Gasteiger partial charge in [-0.05, 0) is 27.7 Å². The first-order valence-corrected chi connectivity index (χ1v) is 6.75. The summed E-state index contributed by atoms with van der Waals surface area (Å²) in [6, 6.07) is 0. The number of nitrogens with two attached hydrogens (primary N) is 1. The molecule has 8 heteroatoms. The van der Waals surface area contributed by atoms with Crippen molar-refractivity contribution >= 4 is 18.3 Å². The van der Waals surface area contributed by atoms with Crippen LogP contribution in [-0.2, 0) is 16.9 Å². The lowest BCUT2D eigenvalue weighted by Crippen LogP contribution is -2.61. The third kappa shape index (κ3) is 3.53. The Kier molecular flexibility index (Phi) is 5.02. The molecule has 1 saturated heterocycles. The number of halogens is 1. The van der Waals surface area contributed by atoms with Gasteiger partial charge in [-0.15, -0.1) is 12.4 Å². The molecule has 0 saturated carbocycles. The highest BCUT2D eigenvalue weighted by Gasteiger charge is 2.41. The molecule has 2 N–H and O–H groups in total.